The largest absolute Gasteiger partial charge is 0.325 e. The van der Waals surface area contributed by atoms with E-state index in [1.165, 1.54) is 0 Å². The van der Waals surface area contributed by atoms with Crippen LogP contribution in [0.25, 0.3) is 16.0 Å². The molecule has 0 spiro atoms. The molecular weight excluding hydrogens is 194 g/mol. The summed E-state index contributed by atoms with van der Waals surface area (Å²) in [5.41, 5.74) is 8.97. The predicted octanol–water partition coefficient (Wildman–Crippen LogP) is 2.01. The molecule has 3 nitrogen and oxygen atoms in total. The van der Waals surface area contributed by atoms with E-state index in [0.717, 1.165) is 21.7 Å². The van der Waals surface area contributed by atoms with E-state index < -0.39 is 0 Å². The number of imidazole rings is 1. The third-order valence-corrected chi connectivity index (χ3v) is 3.20. The Morgan fingerprint density at radius 2 is 2.21 bits per heavy atom. The number of hydrogen-bond donors (Lipinski definition) is 1. The molecule has 14 heavy (non-hydrogen) atoms. The Bertz CT molecular complexity index is 593. The van der Waals surface area contributed by atoms with Crippen molar-refractivity contribution in [3.05, 3.63) is 35.3 Å². The van der Waals surface area contributed by atoms with Crippen LogP contribution in [0.2, 0.25) is 0 Å². The van der Waals surface area contributed by atoms with Gasteiger partial charge in [-0.25, -0.2) is 4.98 Å². The lowest BCUT2D eigenvalue weighted by Gasteiger charge is -1.94. The highest BCUT2D eigenvalue weighted by molar-refractivity contribution is 7.15. The quantitative estimate of drug-likeness (QED) is 0.657. The first kappa shape index (κ1) is 7.96. The summed E-state index contributed by atoms with van der Waals surface area (Å²) < 4.78 is 2.12. The maximum atomic E-state index is 5.67. The number of thiazole rings is 1. The van der Waals surface area contributed by atoms with E-state index in [0.29, 0.717) is 6.54 Å². The second-order valence-electron chi connectivity index (χ2n) is 3.15. The first-order valence-electron chi connectivity index (χ1n) is 4.44. The minimum absolute atomic E-state index is 0.556. The molecule has 0 amide bonds. The molecule has 0 aliphatic rings. The summed E-state index contributed by atoms with van der Waals surface area (Å²) in [7, 11) is 0. The van der Waals surface area contributed by atoms with Crippen molar-refractivity contribution in [2.45, 2.75) is 6.54 Å². The highest BCUT2D eigenvalue weighted by Crippen LogP contribution is 2.22. The van der Waals surface area contributed by atoms with Gasteiger partial charge in [-0.15, -0.1) is 11.3 Å². The van der Waals surface area contributed by atoms with Gasteiger partial charge in [-0.2, -0.15) is 0 Å². The number of fused-ring (bicyclic) bond motifs is 3. The number of benzene rings is 1. The molecule has 1 aromatic carbocycles. The molecule has 2 aromatic heterocycles. The van der Waals surface area contributed by atoms with Crippen LogP contribution in [0.4, 0.5) is 0 Å². The van der Waals surface area contributed by atoms with Gasteiger partial charge >= 0.3 is 0 Å². The first-order valence-corrected chi connectivity index (χ1v) is 5.32. The molecule has 0 fully saturated rings. The molecule has 2 N–H and O–H groups in total. The average Bonchev–Trinajstić information content (AvgIpc) is 2.75. The first-order chi connectivity index (χ1) is 6.90. The van der Waals surface area contributed by atoms with Gasteiger partial charge in [0.05, 0.1) is 11.0 Å². The van der Waals surface area contributed by atoms with Crippen LogP contribution in [-0.2, 0) is 6.54 Å². The van der Waals surface area contributed by atoms with Crippen molar-refractivity contribution in [2.24, 2.45) is 5.73 Å². The Morgan fingerprint density at radius 3 is 3.07 bits per heavy atom. The zero-order chi connectivity index (χ0) is 9.54. The number of nitrogens with zero attached hydrogens (tertiary/aromatic N) is 2. The Kier molecular flexibility index (Phi) is 1.59. The van der Waals surface area contributed by atoms with Crippen LogP contribution in [0, 0.1) is 0 Å². The van der Waals surface area contributed by atoms with Crippen molar-refractivity contribution in [2.75, 3.05) is 0 Å². The number of hydrogen-bond acceptors (Lipinski definition) is 3. The fourth-order valence-electron chi connectivity index (χ4n) is 1.67. The Labute approximate surface area is 84.8 Å². The van der Waals surface area contributed by atoms with E-state index in [9.17, 15) is 0 Å². The van der Waals surface area contributed by atoms with Gasteiger partial charge in [-0.3, -0.25) is 4.40 Å². The number of rotatable bonds is 1. The van der Waals surface area contributed by atoms with Crippen LogP contribution in [0.1, 0.15) is 5.69 Å². The molecule has 3 aromatic rings. The van der Waals surface area contributed by atoms with Crippen LogP contribution in [0.3, 0.4) is 0 Å². The SMILES string of the molecule is NCc1csc2nc3ccccc3n12. The van der Waals surface area contributed by atoms with Crippen molar-refractivity contribution in [3.8, 4) is 0 Å². The lowest BCUT2D eigenvalue weighted by Crippen LogP contribution is -1.99. The number of aromatic nitrogens is 2. The van der Waals surface area contributed by atoms with Crippen LogP contribution in [0.5, 0.6) is 0 Å². The van der Waals surface area contributed by atoms with Crippen molar-refractivity contribution < 1.29 is 0 Å². The summed E-state index contributed by atoms with van der Waals surface area (Å²) in [6, 6.07) is 8.12. The summed E-state index contributed by atoms with van der Waals surface area (Å²) in [4.78, 5) is 5.53. The van der Waals surface area contributed by atoms with E-state index >= 15 is 0 Å². The summed E-state index contributed by atoms with van der Waals surface area (Å²) in [5, 5.41) is 2.06. The molecule has 3 rings (SSSR count). The minimum Gasteiger partial charge on any atom is -0.325 e. The molecule has 4 heteroatoms. The van der Waals surface area contributed by atoms with Gasteiger partial charge in [0.25, 0.3) is 0 Å². The Hall–Kier alpha value is -1.39. The summed E-state index contributed by atoms with van der Waals surface area (Å²) in [6.45, 7) is 0.556. The van der Waals surface area contributed by atoms with Gasteiger partial charge in [-0.05, 0) is 12.1 Å². The van der Waals surface area contributed by atoms with Crippen LogP contribution >= 0.6 is 11.3 Å². The van der Waals surface area contributed by atoms with Crippen molar-refractivity contribution in [1.29, 1.82) is 0 Å². The van der Waals surface area contributed by atoms with Crippen molar-refractivity contribution in [1.82, 2.24) is 9.38 Å². The summed E-state index contributed by atoms with van der Waals surface area (Å²) in [5.74, 6) is 0. The molecular formula is C10H9N3S. The molecule has 0 bridgehead atoms. The smallest absolute Gasteiger partial charge is 0.194 e. The van der Waals surface area contributed by atoms with Gasteiger partial charge in [0, 0.05) is 17.6 Å². The molecule has 2 heterocycles. The zero-order valence-electron chi connectivity index (χ0n) is 7.47. The Balaban J connectivity index is 2.54. The van der Waals surface area contributed by atoms with Crippen molar-refractivity contribution >= 4 is 27.3 Å². The lowest BCUT2D eigenvalue weighted by molar-refractivity contribution is 0.981. The zero-order valence-corrected chi connectivity index (χ0v) is 8.29. The molecule has 0 radical (unpaired) electrons. The standard InChI is InChI=1S/C10H9N3S/c11-5-7-6-14-10-12-8-3-1-2-4-9(8)13(7)10/h1-4,6H,5,11H2. The maximum absolute atomic E-state index is 5.67. The molecule has 0 aliphatic heterocycles. The third kappa shape index (κ3) is 0.921. The lowest BCUT2D eigenvalue weighted by atomic mass is 10.3. The Morgan fingerprint density at radius 1 is 1.36 bits per heavy atom. The van der Waals surface area contributed by atoms with E-state index in [1.807, 2.05) is 18.2 Å². The number of para-hydroxylation sites is 2. The van der Waals surface area contributed by atoms with Gasteiger partial charge in [0.2, 0.25) is 0 Å². The van der Waals surface area contributed by atoms with E-state index in [-0.39, 0.29) is 0 Å². The van der Waals surface area contributed by atoms with E-state index in [2.05, 4.69) is 20.8 Å². The number of nitrogens with two attached hydrogens (primary N) is 1. The molecule has 0 atom stereocenters. The normalized spacial score (nSPS) is 11.5. The second kappa shape index (κ2) is 2.80. The minimum atomic E-state index is 0.556. The summed E-state index contributed by atoms with van der Waals surface area (Å²) >= 11 is 1.64. The molecule has 0 saturated heterocycles. The van der Waals surface area contributed by atoms with Crippen LogP contribution in [0.15, 0.2) is 29.6 Å². The fourth-order valence-corrected chi connectivity index (χ4v) is 2.59. The highest BCUT2D eigenvalue weighted by atomic mass is 32.1. The van der Waals surface area contributed by atoms with Crippen LogP contribution in [-0.4, -0.2) is 9.38 Å². The topological polar surface area (TPSA) is 43.3 Å². The van der Waals surface area contributed by atoms with Gasteiger partial charge in [-0.1, -0.05) is 12.1 Å². The molecule has 0 saturated carbocycles. The fraction of sp³-hybridized carbons (Fsp3) is 0.100. The predicted molar refractivity (Wildman–Crippen MR) is 58.5 cm³/mol. The monoisotopic (exact) mass is 203 g/mol. The third-order valence-electron chi connectivity index (χ3n) is 2.33. The summed E-state index contributed by atoms with van der Waals surface area (Å²) in [6.07, 6.45) is 0. The van der Waals surface area contributed by atoms with Gasteiger partial charge in [0.15, 0.2) is 4.96 Å². The average molecular weight is 203 g/mol. The maximum Gasteiger partial charge on any atom is 0.194 e. The second-order valence-corrected chi connectivity index (χ2v) is 3.99. The van der Waals surface area contributed by atoms with Crippen molar-refractivity contribution in [3.63, 3.8) is 0 Å². The van der Waals surface area contributed by atoms with Crippen LogP contribution < -0.4 is 5.73 Å². The van der Waals surface area contributed by atoms with Gasteiger partial charge in [0.1, 0.15) is 0 Å². The molecule has 0 aliphatic carbocycles. The van der Waals surface area contributed by atoms with Gasteiger partial charge < -0.3 is 5.73 Å². The molecule has 0 unspecified atom stereocenters. The van der Waals surface area contributed by atoms with E-state index in [4.69, 9.17) is 5.73 Å². The molecule has 70 valence electrons. The highest BCUT2D eigenvalue weighted by Gasteiger charge is 2.08. The van der Waals surface area contributed by atoms with E-state index in [1.54, 1.807) is 11.3 Å².